The Morgan fingerprint density at radius 2 is 1.04 bits per heavy atom. The Kier molecular flexibility index (Phi) is 4.21. The van der Waals surface area contributed by atoms with Crippen molar-refractivity contribution in [3.8, 4) is 11.4 Å². The molecule has 0 aliphatic rings. The average molecular weight is 323 g/mol. The van der Waals surface area contributed by atoms with E-state index >= 15 is 0 Å². The summed E-state index contributed by atoms with van der Waals surface area (Å²) in [7, 11) is 0. The van der Waals surface area contributed by atoms with Gasteiger partial charge in [-0.3, -0.25) is 0 Å². The van der Waals surface area contributed by atoms with Gasteiger partial charge in [0.05, 0.1) is 0 Å². The topological polar surface area (TPSA) is 41.6 Å². The summed E-state index contributed by atoms with van der Waals surface area (Å²) >= 11 is 0. The summed E-state index contributed by atoms with van der Waals surface area (Å²) in [6.45, 7) is 0. The summed E-state index contributed by atoms with van der Waals surface area (Å²) in [5.74, 6) is 0.776. The smallest absolute Gasteiger partial charge is 0.159 e. The zero-order valence-electron chi connectivity index (χ0n) is 13.6. The third-order valence-electron chi connectivity index (χ3n) is 4.01. The number of aromatic amines is 1. The van der Waals surface area contributed by atoms with Crippen LogP contribution in [0.5, 0.6) is 0 Å². The monoisotopic (exact) mass is 323 g/mol. The lowest BCUT2D eigenvalue weighted by molar-refractivity contribution is 1.18. The van der Waals surface area contributed by atoms with Crippen molar-refractivity contribution in [1.29, 1.82) is 0 Å². The number of rotatable bonds is 1. The molecule has 0 fully saturated rings. The lowest BCUT2D eigenvalue weighted by Gasteiger charge is -1.96. The maximum Gasteiger partial charge on any atom is 0.159 e. The fourth-order valence-electron chi connectivity index (χ4n) is 2.83. The first-order valence-corrected chi connectivity index (χ1v) is 8.20. The molecule has 2 heterocycles. The van der Waals surface area contributed by atoms with Crippen LogP contribution in [0.4, 0.5) is 0 Å². The summed E-state index contributed by atoms with van der Waals surface area (Å²) in [6, 6.07) is 28.5. The number of hydrogen-bond donors (Lipinski definition) is 1. The van der Waals surface area contributed by atoms with Gasteiger partial charge in [-0.15, -0.1) is 0 Å². The Bertz CT molecular complexity index is 995. The number of para-hydroxylation sites is 2. The van der Waals surface area contributed by atoms with Gasteiger partial charge in [-0.2, -0.15) is 0 Å². The van der Waals surface area contributed by atoms with Gasteiger partial charge in [0.1, 0.15) is 0 Å². The molecule has 0 amide bonds. The molecule has 1 N–H and O–H groups in total. The molecule has 5 aromatic rings. The van der Waals surface area contributed by atoms with E-state index in [0.717, 1.165) is 11.4 Å². The van der Waals surface area contributed by atoms with Crippen LogP contribution < -0.4 is 0 Å². The van der Waals surface area contributed by atoms with Crippen molar-refractivity contribution >= 4 is 21.8 Å². The van der Waals surface area contributed by atoms with E-state index in [1.807, 2.05) is 36.4 Å². The maximum absolute atomic E-state index is 4.14. The Labute approximate surface area is 146 Å². The summed E-state index contributed by atoms with van der Waals surface area (Å²) in [5, 5.41) is 2.61. The highest BCUT2D eigenvalue weighted by Gasteiger charge is 2.00. The van der Waals surface area contributed by atoms with Gasteiger partial charge in [0.2, 0.25) is 0 Å². The van der Waals surface area contributed by atoms with E-state index in [0.29, 0.717) is 0 Å². The number of hydrogen-bond acceptors (Lipinski definition) is 2. The van der Waals surface area contributed by atoms with Crippen molar-refractivity contribution in [3.05, 3.63) is 97.3 Å². The van der Waals surface area contributed by atoms with Crippen LogP contribution in [0.2, 0.25) is 0 Å². The molecule has 0 unspecified atom stereocenters. The second-order valence-electron chi connectivity index (χ2n) is 5.65. The van der Waals surface area contributed by atoms with Crippen LogP contribution >= 0.6 is 0 Å². The summed E-state index contributed by atoms with van der Waals surface area (Å²) in [4.78, 5) is 11.7. The quantitative estimate of drug-likeness (QED) is 0.445. The van der Waals surface area contributed by atoms with Gasteiger partial charge in [0, 0.05) is 39.8 Å². The molecular formula is C22H17N3. The normalized spacial score (nSPS) is 10.4. The van der Waals surface area contributed by atoms with Crippen LogP contribution in [0.3, 0.4) is 0 Å². The molecule has 0 bridgehead atoms. The van der Waals surface area contributed by atoms with Crippen molar-refractivity contribution in [2.24, 2.45) is 0 Å². The summed E-state index contributed by atoms with van der Waals surface area (Å²) in [6.07, 6.45) is 3.49. The zero-order chi connectivity index (χ0) is 16.9. The number of nitrogens with one attached hydrogen (secondary N) is 1. The zero-order valence-corrected chi connectivity index (χ0v) is 13.6. The van der Waals surface area contributed by atoms with Gasteiger partial charge in [0.15, 0.2) is 5.82 Å². The number of aromatic nitrogens is 3. The Morgan fingerprint density at radius 3 is 1.64 bits per heavy atom. The molecule has 0 spiro atoms. The van der Waals surface area contributed by atoms with Crippen molar-refractivity contribution in [3.63, 3.8) is 0 Å². The van der Waals surface area contributed by atoms with Crippen molar-refractivity contribution in [2.45, 2.75) is 0 Å². The predicted molar refractivity (Wildman–Crippen MR) is 103 cm³/mol. The van der Waals surface area contributed by atoms with Crippen LogP contribution in [-0.2, 0) is 0 Å². The van der Waals surface area contributed by atoms with Crippen LogP contribution in [0.25, 0.3) is 33.2 Å². The maximum atomic E-state index is 4.14. The van der Waals surface area contributed by atoms with Crippen molar-refractivity contribution < 1.29 is 0 Å². The number of benzene rings is 3. The molecule has 0 saturated heterocycles. The lowest BCUT2D eigenvalue weighted by atomic mass is 10.2. The van der Waals surface area contributed by atoms with Gasteiger partial charge in [0.25, 0.3) is 0 Å². The molecular weight excluding hydrogens is 306 g/mol. The lowest BCUT2D eigenvalue weighted by Crippen LogP contribution is -1.84. The van der Waals surface area contributed by atoms with E-state index in [1.54, 1.807) is 12.4 Å². The largest absolute Gasteiger partial charge is 0.355 e. The first-order chi connectivity index (χ1) is 12.4. The first-order valence-electron chi connectivity index (χ1n) is 8.20. The molecule has 3 aromatic carbocycles. The van der Waals surface area contributed by atoms with Crippen LogP contribution in [-0.4, -0.2) is 15.0 Å². The second-order valence-corrected chi connectivity index (χ2v) is 5.65. The molecule has 0 atom stereocenters. The highest BCUT2D eigenvalue weighted by molar-refractivity contribution is 6.06. The molecule has 25 heavy (non-hydrogen) atoms. The molecule has 3 nitrogen and oxygen atoms in total. The Morgan fingerprint density at radius 1 is 0.520 bits per heavy atom. The molecule has 0 aliphatic heterocycles. The molecule has 0 aliphatic carbocycles. The summed E-state index contributed by atoms with van der Waals surface area (Å²) in [5.41, 5.74) is 3.48. The first kappa shape index (κ1) is 15.1. The fourth-order valence-corrected chi connectivity index (χ4v) is 2.83. The minimum absolute atomic E-state index is 0.776. The number of nitrogens with zero attached hydrogens (tertiary/aromatic N) is 2. The van der Waals surface area contributed by atoms with Gasteiger partial charge in [-0.25, -0.2) is 9.97 Å². The van der Waals surface area contributed by atoms with Crippen molar-refractivity contribution in [2.75, 3.05) is 0 Å². The molecule has 120 valence electrons. The SMILES string of the molecule is c1ccc(-c2ncccn2)cc1.c1ccc2c(c1)[nH]c1ccccc12. The Balaban J connectivity index is 0.000000126. The standard InChI is InChI=1S/C12H9N.C10H8N2/c1-3-7-11-9(5-1)10-6-2-4-8-12(10)13-11;1-2-5-9(6-3-1)10-11-7-4-8-12-10/h1-8,13H;1-8H. The Hall–Kier alpha value is -3.46. The molecule has 2 aromatic heterocycles. The van der Waals surface area contributed by atoms with Crippen LogP contribution in [0.1, 0.15) is 0 Å². The predicted octanol–water partition coefficient (Wildman–Crippen LogP) is 5.46. The van der Waals surface area contributed by atoms with Gasteiger partial charge < -0.3 is 4.98 Å². The fraction of sp³-hybridized carbons (Fsp3) is 0. The van der Waals surface area contributed by atoms with E-state index in [9.17, 15) is 0 Å². The van der Waals surface area contributed by atoms with E-state index in [4.69, 9.17) is 0 Å². The second kappa shape index (κ2) is 6.97. The number of fused-ring (bicyclic) bond motifs is 3. The van der Waals surface area contributed by atoms with Gasteiger partial charge in [-0.1, -0.05) is 66.7 Å². The van der Waals surface area contributed by atoms with Gasteiger partial charge in [-0.05, 0) is 18.2 Å². The van der Waals surface area contributed by atoms with Crippen LogP contribution in [0, 0.1) is 0 Å². The molecule has 0 radical (unpaired) electrons. The summed E-state index contributed by atoms with van der Waals surface area (Å²) < 4.78 is 0. The molecule has 5 rings (SSSR count). The van der Waals surface area contributed by atoms with E-state index in [1.165, 1.54) is 21.8 Å². The highest BCUT2D eigenvalue weighted by atomic mass is 14.8. The number of H-pyrrole nitrogens is 1. The van der Waals surface area contributed by atoms with Crippen molar-refractivity contribution in [1.82, 2.24) is 15.0 Å². The molecule has 3 heteroatoms. The van der Waals surface area contributed by atoms with Gasteiger partial charge >= 0.3 is 0 Å². The van der Waals surface area contributed by atoms with E-state index in [-0.39, 0.29) is 0 Å². The third kappa shape index (κ3) is 3.26. The minimum Gasteiger partial charge on any atom is -0.355 e. The van der Waals surface area contributed by atoms with E-state index < -0.39 is 0 Å². The van der Waals surface area contributed by atoms with E-state index in [2.05, 4.69) is 63.5 Å². The minimum atomic E-state index is 0.776. The van der Waals surface area contributed by atoms with Crippen LogP contribution in [0.15, 0.2) is 97.3 Å². The highest BCUT2D eigenvalue weighted by Crippen LogP contribution is 2.24. The third-order valence-corrected chi connectivity index (χ3v) is 4.01. The average Bonchev–Trinajstić information content (AvgIpc) is 3.09. The molecule has 0 saturated carbocycles.